The summed E-state index contributed by atoms with van der Waals surface area (Å²) in [5.74, 6) is -0.867. The number of aliphatic hydroxyl groups is 1. The maximum atomic E-state index is 13.9. The van der Waals surface area contributed by atoms with Crippen molar-refractivity contribution < 1.29 is 33.7 Å². The number of halogens is 1. The number of ether oxygens (including phenoxy) is 1. The number of aromatic amines is 1. The zero-order valence-electron chi connectivity index (χ0n) is 23.7. The number of carbonyl (C=O) groups is 3. The number of carboxylic acid groups (broad SMARTS) is 1. The molecular formula is C31H31FN6O6. The van der Waals surface area contributed by atoms with Gasteiger partial charge in [0.15, 0.2) is 0 Å². The lowest BCUT2D eigenvalue weighted by atomic mass is 10.2. The molecule has 0 spiro atoms. The summed E-state index contributed by atoms with van der Waals surface area (Å²) in [5.41, 5.74) is 2.88. The predicted molar refractivity (Wildman–Crippen MR) is 160 cm³/mol. The number of amides is 3. The fourth-order valence-electron chi connectivity index (χ4n) is 4.86. The predicted octanol–water partition coefficient (Wildman–Crippen LogP) is 4.21. The molecule has 13 heteroatoms. The molecule has 2 aromatic heterocycles. The maximum absolute atomic E-state index is 13.9. The Hall–Kier alpha value is -5.27. The van der Waals surface area contributed by atoms with E-state index in [0.717, 1.165) is 5.56 Å². The third-order valence-electron chi connectivity index (χ3n) is 7.02. The Morgan fingerprint density at radius 1 is 1.07 bits per heavy atom. The monoisotopic (exact) mass is 602 g/mol. The summed E-state index contributed by atoms with van der Waals surface area (Å²) in [6.45, 7) is 2.58. The molecule has 1 aliphatic rings. The standard InChI is InChI=1S/C31H31FN6O6/c1-18-2-7-24(32)25(12-18)37-31(43)36-20-3-5-22(6-4-20)44-23-8-9-33-27(15-23)26-13-19(16-35-26)29(40)34-10-11-38-17-21(39)14-28(38)30(41)42/h2-9,12-13,15-16,21,28,35,39H,10-11,14,17H2,1H3,(H,34,40)(H,41,42)(H2,36,37,43)/t21-,28+/m0/s1. The smallest absolute Gasteiger partial charge is 0.323 e. The Bertz CT molecular complexity index is 1660. The molecule has 44 heavy (non-hydrogen) atoms. The van der Waals surface area contributed by atoms with Gasteiger partial charge >= 0.3 is 12.0 Å². The second kappa shape index (κ2) is 13.4. The minimum absolute atomic E-state index is 0.0838. The number of rotatable bonds is 10. The normalized spacial score (nSPS) is 16.3. The van der Waals surface area contributed by atoms with Gasteiger partial charge in [-0.2, -0.15) is 0 Å². The first kappa shape index (κ1) is 30.2. The molecule has 12 nitrogen and oxygen atoms in total. The van der Waals surface area contributed by atoms with Crippen molar-refractivity contribution in [3.05, 3.63) is 90.0 Å². The van der Waals surface area contributed by atoms with E-state index in [0.29, 0.717) is 40.7 Å². The van der Waals surface area contributed by atoms with Crippen LogP contribution in [0.4, 0.5) is 20.6 Å². The molecule has 3 heterocycles. The number of carboxylic acids is 1. The number of hydrogen-bond acceptors (Lipinski definition) is 7. The van der Waals surface area contributed by atoms with Crippen LogP contribution in [0.2, 0.25) is 0 Å². The van der Waals surface area contributed by atoms with E-state index >= 15 is 0 Å². The molecule has 1 fully saturated rings. The fraction of sp³-hybridized carbons (Fsp3) is 0.226. The second-order valence-electron chi connectivity index (χ2n) is 10.4. The van der Waals surface area contributed by atoms with Crippen LogP contribution in [-0.2, 0) is 4.79 Å². The molecule has 5 rings (SSSR count). The molecule has 1 saturated heterocycles. The lowest BCUT2D eigenvalue weighted by molar-refractivity contribution is -0.142. The number of nitrogens with zero attached hydrogens (tertiary/aromatic N) is 2. The van der Waals surface area contributed by atoms with Gasteiger partial charge in [0.25, 0.3) is 5.91 Å². The first-order valence-corrected chi connectivity index (χ1v) is 13.8. The lowest BCUT2D eigenvalue weighted by Gasteiger charge is -2.20. The summed E-state index contributed by atoms with van der Waals surface area (Å²) >= 11 is 0. The summed E-state index contributed by atoms with van der Waals surface area (Å²) in [6, 6.07) is 14.8. The van der Waals surface area contributed by atoms with E-state index in [1.54, 1.807) is 78.8 Å². The second-order valence-corrected chi connectivity index (χ2v) is 10.4. The molecule has 0 bridgehead atoms. The van der Waals surface area contributed by atoms with Crippen LogP contribution in [0.1, 0.15) is 22.3 Å². The van der Waals surface area contributed by atoms with Gasteiger partial charge < -0.3 is 35.9 Å². The van der Waals surface area contributed by atoms with Crippen molar-refractivity contribution in [2.45, 2.75) is 25.5 Å². The van der Waals surface area contributed by atoms with Gasteiger partial charge in [-0.05, 0) is 61.0 Å². The number of aromatic nitrogens is 2. The molecule has 2 aromatic carbocycles. The van der Waals surface area contributed by atoms with Crippen LogP contribution in [0.3, 0.4) is 0 Å². The maximum Gasteiger partial charge on any atom is 0.323 e. The van der Waals surface area contributed by atoms with Crippen molar-refractivity contribution in [2.24, 2.45) is 0 Å². The molecule has 0 unspecified atom stereocenters. The van der Waals surface area contributed by atoms with Crippen molar-refractivity contribution in [3.63, 3.8) is 0 Å². The highest BCUT2D eigenvalue weighted by Gasteiger charge is 2.35. The number of pyridine rings is 1. The van der Waals surface area contributed by atoms with Crippen LogP contribution in [0.5, 0.6) is 11.5 Å². The van der Waals surface area contributed by atoms with E-state index in [1.807, 2.05) is 0 Å². The number of β-amino-alcohol motifs (C(OH)–C–C–N with tert-alkyl or cyclic N) is 1. The van der Waals surface area contributed by atoms with Crippen LogP contribution >= 0.6 is 0 Å². The minimum Gasteiger partial charge on any atom is -0.480 e. The average Bonchev–Trinajstić information content (AvgIpc) is 3.63. The Kier molecular flexibility index (Phi) is 9.17. The molecular weight excluding hydrogens is 571 g/mol. The van der Waals surface area contributed by atoms with Crippen LogP contribution in [0, 0.1) is 12.7 Å². The summed E-state index contributed by atoms with van der Waals surface area (Å²) in [7, 11) is 0. The van der Waals surface area contributed by atoms with Gasteiger partial charge in [0.05, 0.1) is 28.7 Å². The van der Waals surface area contributed by atoms with Crippen LogP contribution in [0.25, 0.3) is 11.4 Å². The summed E-state index contributed by atoms with van der Waals surface area (Å²) in [4.78, 5) is 45.4. The van der Waals surface area contributed by atoms with Gasteiger partial charge in [-0.25, -0.2) is 9.18 Å². The number of carbonyl (C=O) groups excluding carboxylic acids is 2. The minimum atomic E-state index is -0.992. The van der Waals surface area contributed by atoms with Crippen molar-refractivity contribution in [1.82, 2.24) is 20.2 Å². The Morgan fingerprint density at radius 3 is 2.64 bits per heavy atom. The first-order chi connectivity index (χ1) is 21.1. The SMILES string of the molecule is Cc1ccc(F)c(NC(=O)Nc2ccc(Oc3ccnc(-c4cc(C(=O)NCCN5C[C@@H](O)C[C@@H]5C(=O)O)c[nH]4)c3)cc2)c1. The third-order valence-corrected chi connectivity index (χ3v) is 7.02. The molecule has 1 aliphatic heterocycles. The van der Waals surface area contributed by atoms with E-state index in [1.165, 1.54) is 6.07 Å². The average molecular weight is 603 g/mol. The highest BCUT2D eigenvalue weighted by Crippen LogP contribution is 2.27. The van der Waals surface area contributed by atoms with E-state index in [-0.39, 0.29) is 31.1 Å². The zero-order valence-corrected chi connectivity index (χ0v) is 23.7. The van der Waals surface area contributed by atoms with E-state index in [4.69, 9.17) is 4.74 Å². The molecule has 0 aliphatic carbocycles. The number of H-pyrrole nitrogens is 1. The number of benzene rings is 2. The number of hydrogen-bond donors (Lipinski definition) is 6. The van der Waals surface area contributed by atoms with E-state index < -0.39 is 30.0 Å². The topological polar surface area (TPSA) is 169 Å². The number of aliphatic carboxylic acids is 1. The van der Waals surface area contributed by atoms with Crippen LogP contribution < -0.4 is 20.7 Å². The number of aryl methyl sites for hydroxylation is 1. The fourth-order valence-corrected chi connectivity index (χ4v) is 4.86. The molecule has 228 valence electrons. The summed E-state index contributed by atoms with van der Waals surface area (Å²) < 4.78 is 19.9. The number of nitrogens with one attached hydrogen (secondary N) is 4. The van der Waals surface area contributed by atoms with Crippen LogP contribution in [0.15, 0.2) is 73.1 Å². The van der Waals surface area contributed by atoms with Gasteiger partial charge in [-0.3, -0.25) is 19.5 Å². The van der Waals surface area contributed by atoms with Crippen molar-refractivity contribution >= 4 is 29.3 Å². The Balaban J connectivity index is 1.14. The molecule has 4 aromatic rings. The summed E-state index contributed by atoms with van der Waals surface area (Å²) in [6.07, 6.45) is 2.59. The Labute approximate surface area is 251 Å². The van der Waals surface area contributed by atoms with Gasteiger partial charge in [-0.1, -0.05) is 6.07 Å². The summed E-state index contributed by atoms with van der Waals surface area (Å²) in [5, 5.41) is 27.0. The highest BCUT2D eigenvalue weighted by molar-refractivity contribution is 6.00. The van der Waals surface area contributed by atoms with Gasteiger partial charge in [0.1, 0.15) is 23.4 Å². The first-order valence-electron chi connectivity index (χ1n) is 13.8. The molecule has 0 saturated carbocycles. The van der Waals surface area contributed by atoms with Gasteiger partial charge in [-0.15, -0.1) is 0 Å². The van der Waals surface area contributed by atoms with Crippen molar-refractivity contribution in [3.8, 4) is 22.9 Å². The molecule has 2 atom stereocenters. The van der Waals surface area contributed by atoms with Crippen molar-refractivity contribution in [1.29, 1.82) is 0 Å². The molecule has 6 N–H and O–H groups in total. The van der Waals surface area contributed by atoms with Crippen molar-refractivity contribution in [2.75, 3.05) is 30.3 Å². The third kappa shape index (κ3) is 7.56. The Morgan fingerprint density at radius 2 is 1.86 bits per heavy atom. The molecule has 3 amide bonds. The van der Waals surface area contributed by atoms with Gasteiger partial charge in [0.2, 0.25) is 0 Å². The van der Waals surface area contributed by atoms with Crippen LogP contribution in [-0.4, -0.2) is 74.8 Å². The highest BCUT2D eigenvalue weighted by atomic mass is 19.1. The number of anilines is 2. The van der Waals surface area contributed by atoms with Gasteiger partial charge in [0, 0.05) is 50.2 Å². The number of aliphatic hydroxyl groups excluding tert-OH is 1. The zero-order chi connectivity index (χ0) is 31.2. The largest absolute Gasteiger partial charge is 0.480 e. The lowest BCUT2D eigenvalue weighted by Crippen LogP contribution is -2.41. The molecule has 0 radical (unpaired) electrons. The quantitative estimate of drug-likeness (QED) is 0.157. The van der Waals surface area contributed by atoms with E-state index in [9.17, 15) is 29.0 Å². The number of likely N-dealkylation sites (tertiary alicyclic amines) is 1. The number of urea groups is 1. The van der Waals surface area contributed by atoms with E-state index in [2.05, 4.69) is 25.9 Å².